The normalized spacial score (nSPS) is 10.5. The summed E-state index contributed by atoms with van der Waals surface area (Å²) in [7, 11) is 0. The van der Waals surface area contributed by atoms with Crippen LogP contribution in [-0.4, -0.2) is 23.0 Å². The first-order chi connectivity index (χ1) is 6.43. The molecule has 0 radical (unpaired) electrons. The van der Waals surface area contributed by atoms with E-state index in [0.29, 0.717) is 0 Å². The molecule has 0 bridgehead atoms. The van der Waals surface area contributed by atoms with Gasteiger partial charge in [0.25, 0.3) is 0 Å². The van der Waals surface area contributed by atoms with E-state index in [4.69, 9.17) is 0 Å². The van der Waals surface area contributed by atoms with E-state index < -0.39 is 0 Å². The minimum atomic E-state index is 0.974. The van der Waals surface area contributed by atoms with Gasteiger partial charge in [-0.1, -0.05) is 6.92 Å². The Morgan fingerprint density at radius 2 is 2.54 bits per heavy atom. The lowest BCUT2D eigenvalue weighted by molar-refractivity contribution is 0.684. The number of nitrogens with zero attached hydrogens (tertiary/aromatic N) is 1. The first kappa shape index (κ1) is 11.0. The standard InChI is InChI=1S/C9H16N2S2/c1-2-12-5-3-4-10-6-9-7-11-8-13-9/h7-8,10H,2-6H2,1H3. The smallest absolute Gasteiger partial charge is 0.0794 e. The lowest BCUT2D eigenvalue weighted by Gasteiger charge is -2.01. The number of hydrogen-bond donors (Lipinski definition) is 1. The van der Waals surface area contributed by atoms with Crippen molar-refractivity contribution in [3.63, 3.8) is 0 Å². The van der Waals surface area contributed by atoms with E-state index in [1.54, 1.807) is 11.3 Å². The van der Waals surface area contributed by atoms with Crippen LogP contribution in [0, 0.1) is 0 Å². The predicted octanol–water partition coefficient (Wildman–Crippen LogP) is 2.38. The van der Waals surface area contributed by atoms with Crippen molar-refractivity contribution in [2.45, 2.75) is 19.9 Å². The molecular formula is C9H16N2S2. The summed E-state index contributed by atoms with van der Waals surface area (Å²) in [4.78, 5) is 5.35. The highest BCUT2D eigenvalue weighted by atomic mass is 32.2. The van der Waals surface area contributed by atoms with Gasteiger partial charge < -0.3 is 5.32 Å². The lowest BCUT2D eigenvalue weighted by Crippen LogP contribution is -2.14. The third-order valence-corrected chi connectivity index (χ3v) is 3.39. The molecule has 13 heavy (non-hydrogen) atoms. The molecule has 0 atom stereocenters. The molecule has 0 aliphatic carbocycles. The topological polar surface area (TPSA) is 24.9 Å². The third kappa shape index (κ3) is 5.29. The number of aromatic nitrogens is 1. The minimum absolute atomic E-state index is 0.974. The minimum Gasteiger partial charge on any atom is -0.312 e. The fraction of sp³-hybridized carbons (Fsp3) is 0.667. The van der Waals surface area contributed by atoms with Gasteiger partial charge in [-0.3, -0.25) is 4.98 Å². The van der Waals surface area contributed by atoms with E-state index in [0.717, 1.165) is 13.1 Å². The second-order valence-corrected chi connectivity index (χ2v) is 5.06. The molecule has 0 amide bonds. The largest absolute Gasteiger partial charge is 0.312 e. The first-order valence-corrected chi connectivity index (χ1v) is 6.62. The molecular weight excluding hydrogens is 200 g/mol. The molecule has 0 fully saturated rings. The zero-order valence-electron chi connectivity index (χ0n) is 7.95. The molecule has 1 rings (SSSR count). The van der Waals surface area contributed by atoms with E-state index in [2.05, 4.69) is 17.2 Å². The van der Waals surface area contributed by atoms with Gasteiger partial charge in [0.05, 0.1) is 5.51 Å². The average Bonchev–Trinajstić information content (AvgIpc) is 2.63. The van der Waals surface area contributed by atoms with E-state index in [1.165, 1.54) is 22.8 Å². The van der Waals surface area contributed by atoms with Gasteiger partial charge in [-0.15, -0.1) is 11.3 Å². The zero-order chi connectivity index (χ0) is 9.36. The Balaban J connectivity index is 1.90. The van der Waals surface area contributed by atoms with Crippen LogP contribution in [0.4, 0.5) is 0 Å². The summed E-state index contributed by atoms with van der Waals surface area (Å²) in [6.07, 6.45) is 3.19. The van der Waals surface area contributed by atoms with E-state index in [9.17, 15) is 0 Å². The van der Waals surface area contributed by atoms with Crippen LogP contribution in [0.25, 0.3) is 0 Å². The van der Waals surface area contributed by atoms with Gasteiger partial charge in [0.1, 0.15) is 0 Å². The summed E-state index contributed by atoms with van der Waals surface area (Å²) in [5.74, 6) is 2.50. The molecule has 74 valence electrons. The van der Waals surface area contributed by atoms with Crippen LogP contribution in [-0.2, 0) is 6.54 Å². The Labute approximate surface area is 88.2 Å². The van der Waals surface area contributed by atoms with Crippen LogP contribution in [0.15, 0.2) is 11.7 Å². The van der Waals surface area contributed by atoms with Crippen LogP contribution < -0.4 is 5.32 Å². The molecule has 1 aromatic rings. The number of thiazole rings is 1. The number of thioether (sulfide) groups is 1. The molecule has 1 N–H and O–H groups in total. The van der Waals surface area contributed by atoms with E-state index in [1.807, 2.05) is 23.5 Å². The highest BCUT2D eigenvalue weighted by Gasteiger charge is 1.93. The predicted molar refractivity (Wildman–Crippen MR) is 61.4 cm³/mol. The molecule has 1 aromatic heterocycles. The van der Waals surface area contributed by atoms with Gasteiger partial charge in [0.15, 0.2) is 0 Å². The van der Waals surface area contributed by atoms with Crippen LogP contribution in [0.5, 0.6) is 0 Å². The zero-order valence-corrected chi connectivity index (χ0v) is 9.59. The molecule has 2 nitrogen and oxygen atoms in total. The number of nitrogens with one attached hydrogen (secondary N) is 1. The molecule has 0 aliphatic heterocycles. The van der Waals surface area contributed by atoms with Crippen molar-refractivity contribution in [3.05, 3.63) is 16.6 Å². The highest BCUT2D eigenvalue weighted by molar-refractivity contribution is 7.99. The summed E-state index contributed by atoms with van der Waals surface area (Å²) in [6.45, 7) is 4.29. The van der Waals surface area contributed by atoms with Crippen molar-refractivity contribution in [2.75, 3.05) is 18.1 Å². The summed E-state index contributed by atoms with van der Waals surface area (Å²) >= 11 is 3.72. The summed E-state index contributed by atoms with van der Waals surface area (Å²) < 4.78 is 0. The maximum atomic E-state index is 4.02. The monoisotopic (exact) mass is 216 g/mol. The molecule has 0 aromatic carbocycles. The summed E-state index contributed by atoms with van der Waals surface area (Å²) in [6, 6.07) is 0. The van der Waals surface area contributed by atoms with Gasteiger partial charge in [-0.05, 0) is 24.5 Å². The Morgan fingerprint density at radius 1 is 1.62 bits per heavy atom. The number of hydrogen-bond acceptors (Lipinski definition) is 4. The SMILES string of the molecule is CCSCCCNCc1cncs1. The maximum absolute atomic E-state index is 4.02. The summed E-state index contributed by atoms with van der Waals surface area (Å²) in [5.41, 5.74) is 1.88. The van der Waals surface area contributed by atoms with Crippen LogP contribution in [0.2, 0.25) is 0 Å². The maximum Gasteiger partial charge on any atom is 0.0794 e. The van der Waals surface area contributed by atoms with E-state index in [-0.39, 0.29) is 0 Å². The molecule has 4 heteroatoms. The Kier molecular flexibility index (Phi) is 6.23. The second-order valence-electron chi connectivity index (χ2n) is 2.69. The van der Waals surface area contributed by atoms with Gasteiger partial charge >= 0.3 is 0 Å². The second kappa shape index (κ2) is 7.35. The van der Waals surface area contributed by atoms with Crippen LogP contribution in [0.1, 0.15) is 18.2 Å². The molecule has 0 aliphatic rings. The third-order valence-electron chi connectivity index (χ3n) is 1.63. The first-order valence-electron chi connectivity index (χ1n) is 4.59. The quantitative estimate of drug-likeness (QED) is 0.708. The van der Waals surface area contributed by atoms with Crippen molar-refractivity contribution >= 4 is 23.1 Å². The molecule has 0 spiro atoms. The molecule has 0 saturated heterocycles. The average molecular weight is 216 g/mol. The summed E-state index contributed by atoms with van der Waals surface area (Å²) in [5, 5.41) is 3.40. The van der Waals surface area contributed by atoms with Gasteiger partial charge in [-0.2, -0.15) is 11.8 Å². The fourth-order valence-corrected chi connectivity index (χ4v) is 2.19. The van der Waals surface area contributed by atoms with Crippen molar-refractivity contribution in [1.29, 1.82) is 0 Å². The van der Waals surface area contributed by atoms with Gasteiger partial charge in [-0.25, -0.2) is 0 Å². The van der Waals surface area contributed by atoms with Crippen molar-refractivity contribution in [3.8, 4) is 0 Å². The number of rotatable bonds is 7. The van der Waals surface area contributed by atoms with E-state index >= 15 is 0 Å². The lowest BCUT2D eigenvalue weighted by atomic mass is 10.4. The highest BCUT2D eigenvalue weighted by Crippen LogP contribution is 2.04. The van der Waals surface area contributed by atoms with Crippen molar-refractivity contribution in [2.24, 2.45) is 0 Å². The molecule has 1 heterocycles. The van der Waals surface area contributed by atoms with Crippen molar-refractivity contribution in [1.82, 2.24) is 10.3 Å². The van der Waals surface area contributed by atoms with Crippen LogP contribution >= 0.6 is 23.1 Å². The van der Waals surface area contributed by atoms with Crippen molar-refractivity contribution < 1.29 is 0 Å². The van der Waals surface area contributed by atoms with Gasteiger partial charge in [0.2, 0.25) is 0 Å². The Bertz CT molecular complexity index is 199. The molecule has 0 unspecified atom stereocenters. The molecule has 0 saturated carbocycles. The fourth-order valence-electron chi connectivity index (χ4n) is 0.985. The Hall–Kier alpha value is -0.0600. The van der Waals surface area contributed by atoms with Crippen LogP contribution in [0.3, 0.4) is 0 Å². The van der Waals surface area contributed by atoms with Gasteiger partial charge in [0, 0.05) is 17.6 Å². The Morgan fingerprint density at radius 3 is 3.23 bits per heavy atom.